The number of rotatable bonds is 5. The number of hydrogen-bond donors (Lipinski definition) is 3. The van der Waals surface area contributed by atoms with Gasteiger partial charge in [-0.15, -0.1) is 0 Å². The molecule has 3 heterocycles. The lowest BCUT2D eigenvalue weighted by atomic mass is 10.1. The highest BCUT2D eigenvalue weighted by atomic mass is 16.2. The number of aromatic nitrogens is 5. The Morgan fingerprint density at radius 3 is 2.65 bits per heavy atom. The Balaban J connectivity index is 1.52. The number of aromatic amines is 2. The Kier molecular flexibility index (Phi) is 4.32. The third-order valence-corrected chi connectivity index (χ3v) is 5.35. The molecule has 1 saturated carbocycles. The van der Waals surface area contributed by atoms with Crippen molar-refractivity contribution < 1.29 is 9.59 Å². The zero-order chi connectivity index (χ0) is 21.7. The second kappa shape index (κ2) is 7.05. The molecule has 0 aliphatic heterocycles. The fourth-order valence-electron chi connectivity index (χ4n) is 3.75. The minimum Gasteiger partial charge on any atom is -0.358 e. The molecular formula is C22H20N6O3. The van der Waals surface area contributed by atoms with E-state index < -0.39 is 11.7 Å². The number of Topliss-reactive ketones (excluding diaryl/α,β-unsaturated/α-hetero) is 1. The molecule has 0 unspecified atom stereocenters. The van der Waals surface area contributed by atoms with Gasteiger partial charge in [-0.2, -0.15) is 9.78 Å². The average Bonchev–Trinajstić information content (AvgIpc) is 3.40. The molecule has 9 heteroatoms. The standard InChI is InChI=1S/C22H20N6O3/c1-11-9-18(29)26-22(23-11)28-17(10-16(27-28)13-7-8-13)25-21(31)20(30)19-12(2)24-15-6-4-3-5-14(15)19/h3-6,9-10,13,24H,7-8H2,1-2H3,(H,25,31)(H,23,26,29). The number of anilines is 1. The molecule has 0 atom stereocenters. The summed E-state index contributed by atoms with van der Waals surface area (Å²) in [6.45, 7) is 3.46. The fourth-order valence-corrected chi connectivity index (χ4v) is 3.75. The van der Waals surface area contributed by atoms with Crippen LogP contribution in [0.1, 0.15) is 46.2 Å². The molecule has 1 aliphatic carbocycles. The number of carbonyl (C=O) groups excluding carboxylic acids is 2. The van der Waals surface area contributed by atoms with Gasteiger partial charge >= 0.3 is 0 Å². The van der Waals surface area contributed by atoms with Crippen LogP contribution < -0.4 is 10.9 Å². The third kappa shape index (κ3) is 3.43. The van der Waals surface area contributed by atoms with Crippen LogP contribution in [0.3, 0.4) is 0 Å². The Bertz CT molecular complexity index is 1410. The van der Waals surface area contributed by atoms with Crippen molar-refractivity contribution in [3.05, 3.63) is 69.4 Å². The van der Waals surface area contributed by atoms with Crippen molar-refractivity contribution in [2.45, 2.75) is 32.6 Å². The van der Waals surface area contributed by atoms with E-state index in [0.29, 0.717) is 28.3 Å². The summed E-state index contributed by atoms with van der Waals surface area (Å²) in [6.07, 6.45) is 2.02. The van der Waals surface area contributed by atoms with Crippen LogP contribution in [0.4, 0.5) is 5.82 Å². The number of aryl methyl sites for hydroxylation is 2. The zero-order valence-electron chi connectivity index (χ0n) is 17.0. The van der Waals surface area contributed by atoms with E-state index in [2.05, 4.69) is 25.4 Å². The number of carbonyl (C=O) groups is 2. The van der Waals surface area contributed by atoms with Crippen molar-refractivity contribution in [1.82, 2.24) is 24.7 Å². The molecule has 0 spiro atoms. The number of nitrogens with one attached hydrogen (secondary N) is 3. The lowest BCUT2D eigenvalue weighted by molar-refractivity contribution is -0.112. The first-order valence-corrected chi connectivity index (χ1v) is 10.0. The normalized spacial score (nSPS) is 13.5. The third-order valence-electron chi connectivity index (χ3n) is 5.35. The maximum absolute atomic E-state index is 13.0. The van der Waals surface area contributed by atoms with Gasteiger partial charge in [-0.1, -0.05) is 18.2 Å². The first-order chi connectivity index (χ1) is 14.9. The van der Waals surface area contributed by atoms with E-state index in [4.69, 9.17) is 0 Å². The van der Waals surface area contributed by atoms with E-state index in [0.717, 1.165) is 24.1 Å². The molecule has 31 heavy (non-hydrogen) atoms. The van der Waals surface area contributed by atoms with Crippen LogP contribution in [-0.2, 0) is 4.79 Å². The number of fused-ring (bicyclic) bond motifs is 1. The van der Waals surface area contributed by atoms with E-state index in [1.807, 2.05) is 18.2 Å². The molecular weight excluding hydrogens is 396 g/mol. The highest BCUT2D eigenvalue weighted by Gasteiger charge is 2.30. The summed E-state index contributed by atoms with van der Waals surface area (Å²) >= 11 is 0. The summed E-state index contributed by atoms with van der Waals surface area (Å²) in [5, 5.41) is 7.88. The Hall–Kier alpha value is -4.01. The van der Waals surface area contributed by atoms with Gasteiger partial charge in [0.1, 0.15) is 5.82 Å². The van der Waals surface area contributed by atoms with E-state index in [1.54, 1.807) is 26.0 Å². The van der Waals surface area contributed by atoms with Crippen LogP contribution >= 0.6 is 0 Å². The summed E-state index contributed by atoms with van der Waals surface area (Å²) in [5.74, 6) is -0.665. The molecule has 9 nitrogen and oxygen atoms in total. The largest absolute Gasteiger partial charge is 0.358 e. The van der Waals surface area contributed by atoms with E-state index >= 15 is 0 Å². The minimum atomic E-state index is -0.786. The van der Waals surface area contributed by atoms with Crippen molar-refractivity contribution in [2.75, 3.05) is 5.32 Å². The summed E-state index contributed by atoms with van der Waals surface area (Å²) in [7, 11) is 0. The predicted molar refractivity (Wildman–Crippen MR) is 115 cm³/mol. The van der Waals surface area contributed by atoms with Gasteiger partial charge in [0, 0.05) is 40.3 Å². The molecule has 0 bridgehead atoms. The number of amides is 1. The summed E-state index contributed by atoms with van der Waals surface area (Å²) in [6, 6.07) is 10.4. The van der Waals surface area contributed by atoms with E-state index in [1.165, 1.54) is 10.7 Å². The van der Waals surface area contributed by atoms with Gasteiger partial charge in [-0.3, -0.25) is 19.4 Å². The number of H-pyrrole nitrogens is 2. The topological polar surface area (TPSA) is 126 Å². The molecule has 3 N–H and O–H groups in total. The molecule has 1 amide bonds. The molecule has 5 rings (SSSR count). The van der Waals surface area contributed by atoms with Gasteiger partial charge in [0.05, 0.1) is 11.3 Å². The van der Waals surface area contributed by atoms with Crippen LogP contribution in [0.25, 0.3) is 16.9 Å². The molecule has 156 valence electrons. The van der Waals surface area contributed by atoms with Gasteiger partial charge in [-0.05, 0) is 32.8 Å². The quantitative estimate of drug-likeness (QED) is 0.341. The second-order valence-corrected chi connectivity index (χ2v) is 7.80. The SMILES string of the molecule is Cc1cc(=O)[nH]c(-n2nc(C3CC3)cc2NC(=O)C(=O)c2c(C)[nH]c3ccccc23)n1. The van der Waals surface area contributed by atoms with Crippen molar-refractivity contribution in [3.8, 4) is 5.95 Å². The first-order valence-electron chi connectivity index (χ1n) is 10.0. The molecule has 0 saturated heterocycles. The zero-order valence-corrected chi connectivity index (χ0v) is 17.0. The fraction of sp³-hybridized carbons (Fsp3) is 0.227. The van der Waals surface area contributed by atoms with Gasteiger partial charge in [0.2, 0.25) is 5.95 Å². The van der Waals surface area contributed by atoms with Gasteiger partial charge < -0.3 is 10.3 Å². The van der Waals surface area contributed by atoms with Gasteiger partial charge in [0.15, 0.2) is 0 Å². The van der Waals surface area contributed by atoms with Crippen LogP contribution in [0.15, 0.2) is 41.2 Å². The highest BCUT2D eigenvalue weighted by Crippen LogP contribution is 2.40. The number of hydrogen-bond acceptors (Lipinski definition) is 5. The molecule has 4 aromatic rings. The smallest absolute Gasteiger partial charge is 0.298 e. The second-order valence-electron chi connectivity index (χ2n) is 7.80. The first kappa shape index (κ1) is 19.0. The summed E-state index contributed by atoms with van der Waals surface area (Å²) < 4.78 is 1.37. The van der Waals surface area contributed by atoms with E-state index in [-0.39, 0.29) is 17.3 Å². The minimum absolute atomic E-state index is 0.183. The molecule has 1 aliphatic rings. The van der Waals surface area contributed by atoms with E-state index in [9.17, 15) is 14.4 Å². The maximum atomic E-state index is 13.0. The predicted octanol–water partition coefficient (Wildman–Crippen LogP) is 2.75. The Labute approximate surface area is 176 Å². The maximum Gasteiger partial charge on any atom is 0.298 e. The average molecular weight is 416 g/mol. The Morgan fingerprint density at radius 1 is 1.13 bits per heavy atom. The number of ketones is 1. The molecule has 1 aromatic carbocycles. The lowest BCUT2D eigenvalue weighted by Crippen LogP contribution is -2.25. The van der Waals surface area contributed by atoms with Crippen molar-refractivity contribution in [1.29, 1.82) is 0 Å². The number of para-hydroxylation sites is 1. The van der Waals surface area contributed by atoms with Crippen LogP contribution in [0.2, 0.25) is 0 Å². The van der Waals surface area contributed by atoms with Crippen molar-refractivity contribution in [2.24, 2.45) is 0 Å². The molecule has 0 radical (unpaired) electrons. The van der Waals surface area contributed by atoms with Crippen LogP contribution in [-0.4, -0.2) is 36.4 Å². The monoisotopic (exact) mass is 416 g/mol. The van der Waals surface area contributed by atoms with Gasteiger partial charge in [-0.25, -0.2) is 4.98 Å². The molecule has 3 aromatic heterocycles. The van der Waals surface area contributed by atoms with Crippen molar-refractivity contribution >= 4 is 28.4 Å². The summed E-state index contributed by atoms with van der Waals surface area (Å²) in [5.41, 5.74) is 2.73. The summed E-state index contributed by atoms with van der Waals surface area (Å²) in [4.78, 5) is 47.9. The molecule has 1 fully saturated rings. The van der Waals surface area contributed by atoms with Crippen LogP contribution in [0, 0.1) is 13.8 Å². The van der Waals surface area contributed by atoms with Crippen LogP contribution in [0.5, 0.6) is 0 Å². The number of benzene rings is 1. The Morgan fingerprint density at radius 2 is 1.90 bits per heavy atom. The highest BCUT2D eigenvalue weighted by molar-refractivity contribution is 6.48. The number of nitrogens with zero attached hydrogens (tertiary/aromatic N) is 3. The van der Waals surface area contributed by atoms with Crippen molar-refractivity contribution in [3.63, 3.8) is 0 Å². The van der Waals surface area contributed by atoms with Gasteiger partial charge in [0.25, 0.3) is 17.2 Å². The lowest BCUT2D eigenvalue weighted by Gasteiger charge is -2.08.